The molecule has 4 rings (SSSR count). The molecule has 172 valence electrons. The minimum atomic E-state index is -4.61. The lowest BCUT2D eigenvalue weighted by molar-refractivity contribution is -0.137. The quantitative estimate of drug-likeness (QED) is 0.512. The molecule has 0 saturated carbocycles. The zero-order chi connectivity index (χ0) is 23.8. The van der Waals surface area contributed by atoms with Crippen molar-refractivity contribution in [2.45, 2.75) is 17.0 Å². The summed E-state index contributed by atoms with van der Waals surface area (Å²) in [6.07, 6.45) is -4.61. The monoisotopic (exact) mass is 513 g/mol. The third kappa shape index (κ3) is 5.05. The highest BCUT2D eigenvalue weighted by atomic mass is 35.5. The normalized spacial score (nSPS) is 16.5. The first-order valence-corrected chi connectivity index (χ1v) is 12.2. The van der Waals surface area contributed by atoms with Crippen LogP contribution in [-0.2, 0) is 16.2 Å². The average molecular weight is 514 g/mol. The molecule has 12 heteroatoms. The zero-order valence-electron chi connectivity index (χ0n) is 16.6. The van der Waals surface area contributed by atoms with Crippen molar-refractivity contribution in [3.05, 3.63) is 87.1 Å². The molecule has 1 aliphatic heterocycles. The molecule has 2 amide bonds. The zero-order valence-corrected chi connectivity index (χ0v) is 19.0. The van der Waals surface area contributed by atoms with E-state index in [0.717, 1.165) is 27.6 Å². The number of carbonyl (C=O) groups is 1. The molecular formula is C21H15ClF3N3O3S2. The molecule has 33 heavy (non-hydrogen) atoms. The Morgan fingerprint density at radius 1 is 1.09 bits per heavy atom. The van der Waals surface area contributed by atoms with E-state index in [9.17, 15) is 26.4 Å². The molecule has 0 spiro atoms. The van der Waals surface area contributed by atoms with Gasteiger partial charge in [0.05, 0.1) is 28.6 Å². The minimum Gasteiger partial charge on any atom is -0.246 e. The Kier molecular flexibility index (Phi) is 6.21. The summed E-state index contributed by atoms with van der Waals surface area (Å²) in [7, 11) is -4.41. The van der Waals surface area contributed by atoms with Crippen molar-refractivity contribution >= 4 is 44.7 Å². The molecule has 0 unspecified atom stereocenters. The van der Waals surface area contributed by atoms with Gasteiger partial charge in [0.25, 0.3) is 10.0 Å². The number of urea groups is 1. The number of rotatable bonds is 4. The maximum atomic E-state index is 12.7. The summed E-state index contributed by atoms with van der Waals surface area (Å²) in [6, 6.07) is 12.5. The minimum absolute atomic E-state index is 0.0901. The Bertz CT molecular complexity index is 1290. The molecular weight excluding hydrogens is 499 g/mol. The Balaban J connectivity index is 1.58. The van der Waals surface area contributed by atoms with Gasteiger partial charge in [0, 0.05) is 9.90 Å². The molecule has 2 heterocycles. The lowest BCUT2D eigenvalue weighted by Crippen LogP contribution is -2.39. The van der Waals surface area contributed by atoms with Crippen molar-refractivity contribution in [3.63, 3.8) is 0 Å². The number of thiophene rings is 1. The van der Waals surface area contributed by atoms with Gasteiger partial charge in [0.1, 0.15) is 0 Å². The van der Waals surface area contributed by atoms with Crippen molar-refractivity contribution in [2.24, 2.45) is 5.10 Å². The molecule has 0 bridgehead atoms. The van der Waals surface area contributed by atoms with Crippen LogP contribution in [0.2, 0.25) is 5.02 Å². The fourth-order valence-corrected chi connectivity index (χ4v) is 5.17. The van der Waals surface area contributed by atoms with Crippen LogP contribution in [0, 0.1) is 0 Å². The number of sulfonamides is 1. The molecule has 3 aromatic rings. The number of nitrogens with one attached hydrogen (secondary N) is 1. The second-order valence-corrected chi connectivity index (χ2v) is 10.2. The smallest absolute Gasteiger partial charge is 0.246 e. The maximum Gasteiger partial charge on any atom is 0.416 e. The molecule has 2 aromatic carbocycles. The summed E-state index contributed by atoms with van der Waals surface area (Å²) in [5, 5.41) is 7.75. The van der Waals surface area contributed by atoms with Gasteiger partial charge in [-0.1, -0.05) is 29.8 Å². The summed E-state index contributed by atoms with van der Waals surface area (Å²) >= 11 is 7.43. The third-order valence-corrected chi connectivity index (χ3v) is 7.46. The van der Waals surface area contributed by atoms with Crippen LogP contribution in [0.4, 0.5) is 18.0 Å². The third-order valence-electron chi connectivity index (χ3n) is 4.89. The number of amides is 2. The van der Waals surface area contributed by atoms with Gasteiger partial charge in [0.2, 0.25) is 0 Å². The predicted molar refractivity (Wildman–Crippen MR) is 119 cm³/mol. The largest absolute Gasteiger partial charge is 0.416 e. The lowest BCUT2D eigenvalue weighted by atomic mass is 9.96. The highest BCUT2D eigenvalue weighted by molar-refractivity contribution is 7.90. The van der Waals surface area contributed by atoms with Crippen molar-refractivity contribution in [3.8, 4) is 0 Å². The standard InChI is InChI=1S/C21H15ClF3N3O3S2/c22-15-7-3-13(4-8-15)19-17(18-2-1-11-32-18)12-28(26-19)20(29)27-33(30,31)16-9-5-14(6-10-16)21(23,24)25/h1-11,17H,12H2,(H,27,29)/t17-/m0/s1. The predicted octanol–water partition coefficient (Wildman–Crippen LogP) is 5.32. The second-order valence-electron chi connectivity index (χ2n) is 7.08. The van der Waals surface area contributed by atoms with Crippen LogP contribution in [0.3, 0.4) is 0 Å². The van der Waals surface area contributed by atoms with E-state index in [2.05, 4.69) is 5.10 Å². The van der Waals surface area contributed by atoms with Gasteiger partial charge in [-0.25, -0.2) is 22.9 Å². The van der Waals surface area contributed by atoms with Gasteiger partial charge >= 0.3 is 12.2 Å². The Morgan fingerprint density at radius 2 is 1.76 bits per heavy atom. The van der Waals surface area contributed by atoms with E-state index < -0.39 is 32.7 Å². The van der Waals surface area contributed by atoms with Crippen LogP contribution in [-0.4, -0.2) is 31.7 Å². The first-order chi connectivity index (χ1) is 15.5. The molecule has 0 aliphatic carbocycles. The summed E-state index contributed by atoms with van der Waals surface area (Å²) in [5.41, 5.74) is 0.290. The fourth-order valence-electron chi connectivity index (χ4n) is 3.27. The summed E-state index contributed by atoms with van der Waals surface area (Å²) in [6.45, 7) is 0.0901. The highest BCUT2D eigenvalue weighted by Gasteiger charge is 2.35. The number of nitrogens with zero attached hydrogens (tertiary/aromatic N) is 2. The first kappa shape index (κ1) is 23.3. The molecule has 1 aliphatic rings. The van der Waals surface area contributed by atoms with Crippen LogP contribution in [0.25, 0.3) is 0 Å². The highest BCUT2D eigenvalue weighted by Crippen LogP contribution is 2.32. The summed E-state index contributed by atoms with van der Waals surface area (Å²) in [5.74, 6) is -0.286. The topological polar surface area (TPSA) is 78.8 Å². The van der Waals surface area contributed by atoms with Crippen LogP contribution < -0.4 is 4.72 Å². The van der Waals surface area contributed by atoms with E-state index in [1.54, 1.807) is 24.3 Å². The van der Waals surface area contributed by atoms with Crippen molar-refractivity contribution < 1.29 is 26.4 Å². The van der Waals surface area contributed by atoms with Gasteiger partial charge in [-0.05, 0) is 53.4 Å². The molecule has 6 nitrogen and oxygen atoms in total. The number of halogens is 4. The van der Waals surface area contributed by atoms with E-state index in [0.29, 0.717) is 22.9 Å². The average Bonchev–Trinajstić information content (AvgIpc) is 3.43. The number of hydrazone groups is 1. The number of carbonyl (C=O) groups excluding carboxylic acids is 1. The SMILES string of the molecule is O=C(NS(=O)(=O)c1ccc(C(F)(F)F)cc1)N1C[C@@H](c2cccs2)C(c2ccc(Cl)cc2)=N1. The molecule has 0 radical (unpaired) electrons. The molecule has 0 saturated heterocycles. The van der Waals surface area contributed by atoms with E-state index in [1.165, 1.54) is 11.3 Å². The van der Waals surface area contributed by atoms with Gasteiger partial charge in [-0.2, -0.15) is 18.3 Å². The van der Waals surface area contributed by atoms with Crippen LogP contribution in [0.1, 0.15) is 21.9 Å². The molecule has 1 aromatic heterocycles. The number of hydrogen-bond acceptors (Lipinski definition) is 5. The Labute approximate surface area is 196 Å². The van der Waals surface area contributed by atoms with E-state index >= 15 is 0 Å². The van der Waals surface area contributed by atoms with Crippen molar-refractivity contribution in [2.75, 3.05) is 6.54 Å². The molecule has 1 N–H and O–H groups in total. The number of hydrogen-bond donors (Lipinski definition) is 1. The summed E-state index contributed by atoms with van der Waals surface area (Å²) < 4.78 is 65.2. The number of alkyl halides is 3. The van der Waals surface area contributed by atoms with Gasteiger partial charge in [-0.15, -0.1) is 11.3 Å². The summed E-state index contributed by atoms with van der Waals surface area (Å²) in [4.78, 5) is 13.2. The Morgan fingerprint density at radius 3 is 2.33 bits per heavy atom. The lowest BCUT2D eigenvalue weighted by Gasteiger charge is -2.15. The van der Waals surface area contributed by atoms with Crippen molar-refractivity contribution in [1.82, 2.24) is 9.73 Å². The van der Waals surface area contributed by atoms with E-state index in [4.69, 9.17) is 11.6 Å². The van der Waals surface area contributed by atoms with Crippen LogP contribution in [0.15, 0.2) is 76.0 Å². The molecule has 1 atom stereocenters. The van der Waals surface area contributed by atoms with Crippen LogP contribution >= 0.6 is 22.9 Å². The first-order valence-electron chi connectivity index (χ1n) is 9.44. The van der Waals surface area contributed by atoms with Gasteiger partial charge in [-0.3, -0.25) is 0 Å². The van der Waals surface area contributed by atoms with E-state index in [-0.39, 0.29) is 12.5 Å². The fraction of sp³-hybridized carbons (Fsp3) is 0.143. The maximum absolute atomic E-state index is 12.7. The second kappa shape index (κ2) is 8.81. The van der Waals surface area contributed by atoms with Crippen LogP contribution in [0.5, 0.6) is 0 Å². The van der Waals surface area contributed by atoms with Gasteiger partial charge < -0.3 is 0 Å². The Hall–Kier alpha value is -2.89. The van der Waals surface area contributed by atoms with Crippen molar-refractivity contribution in [1.29, 1.82) is 0 Å². The van der Waals surface area contributed by atoms with E-state index in [1.807, 2.05) is 22.2 Å². The van der Waals surface area contributed by atoms with Gasteiger partial charge in [0.15, 0.2) is 0 Å². The number of benzene rings is 2. The molecule has 0 fully saturated rings.